The fourth-order valence-electron chi connectivity index (χ4n) is 0.530. The Morgan fingerprint density at radius 1 is 1.69 bits per heavy atom. The van der Waals surface area contributed by atoms with Crippen molar-refractivity contribution in [1.29, 1.82) is 0 Å². The lowest BCUT2D eigenvalue weighted by Gasteiger charge is -2.07. The van der Waals surface area contributed by atoms with Crippen LogP contribution in [0.5, 0.6) is 0 Å². The molecule has 0 amide bonds. The van der Waals surface area contributed by atoms with Gasteiger partial charge in [0, 0.05) is 0 Å². The van der Waals surface area contributed by atoms with Crippen LogP contribution in [0.2, 0.25) is 0 Å². The van der Waals surface area contributed by atoms with Gasteiger partial charge in [-0.3, -0.25) is 9.13 Å². The third kappa shape index (κ3) is 3.50. The van der Waals surface area contributed by atoms with Crippen LogP contribution in [-0.2, 0) is 22.3 Å². The van der Waals surface area contributed by atoms with Crippen molar-refractivity contribution < 1.29 is 32.1 Å². The second kappa shape index (κ2) is 3.80. The van der Waals surface area contributed by atoms with Crippen LogP contribution in [0.25, 0.3) is 0 Å². The quantitative estimate of drug-likeness (QED) is 0.586. The fraction of sp³-hybridized carbons (Fsp3) is 1.00. The molecule has 2 N–H and O–H groups in total. The Kier molecular flexibility index (Phi) is 3.49. The molecule has 1 rings (SSSR count). The minimum absolute atomic E-state index is 0.363. The largest absolute Gasteiger partial charge is 0.485 e. The van der Waals surface area contributed by atoms with Gasteiger partial charge in [-0.15, -0.1) is 0 Å². The molecule has 0 saturated carbocycles. The van der Waals surface area contributed by atoms with Gasteiger partial charge in [-0.1, -0.05) is 11.4 Å². The maximum Gasteiger partial charge on any atom is 0.485 e. The number of rotatable bonds is 4. The molecule has 4 atom stereocenters. The molecule has 0 aromatic carbocycles. The van der Waals surface area contributed by atoms with Crippen LogP contribution in [0.4, 0.5) is 0 Å². The van der Waals surface area contributed by atoms with Gasteiger partial charge in [-0.2, -0.15) is 0 Å². The number of phosphoric acid groups is 1. The van der Waals surface area contributed by atoms with Crippen molar-refractivity contribution in [1.82, 2.24) is 0 Å². The van der Waals surface area contributed by atoms with Crippen LogP contribution in [0.1, 0.15) is 6.92 Å². The summed E-state index contributed by atoms with van der Waals surface area (Å²) in [7, 11) is -8.22. The van der Waals surface area contributed by atoms with E-state index in [4.69, 9.17) is 9.79 Å². The van der Waals surface area contributed by atoms with Gasteiger partial charge in [-0.05, 0) is 6.92 Å². The van der Waals surface area contributed by atoms with Crippen molar-refractivity contribution in [2.75, 3.05) is 0 Å². The molecule has 0 radical (unpaired) electrons. The van der Waals surface area contributed by atoms with Crippen molar-refractivity contribution in [2.45, 2.75) is 11.9 Å². The summed E-state index contributed by atoms with van der Waals surface area (Å²) in [5.74, 6) is 0. The first-order chi connectivity index (χ1) is 5.75. The first kappa shape index (κ1) is 12.0. The van der Waals surface area contributed by atoms with E-state index in [0.29, 0.717) is 0 Å². The second-order valence-electron chi connectivity index (χ2n) is 2.15. The van der Waals surface area contributed by atoms with Crippen molar-refractivity contribution in [3.05, 3.63) is 0 Å². The Morgan fingerprint density at radius 2 is 2.15 bits per heavy atom. The van der Waals surface area contributed by atoms with Crippen molar-refractivity contribution in [3.63, 3.8) is 0 Å². The highest BCUT2D eigenvalue weighted by atomic mass is 32.8. The van der Waals surface area contributed by atoms with Crippen LogP contribution in [0.3, 0.4) is 0 Å². The van der Waals surface area contributed by atoms with Gasteiger partial charge >= 0.3 is 16.1 Å². The van der Waals surface area contributed by atoms with Crippen LogP contribution in [-0.4, -0.2) is 14.8 Å². The molecule has 1 fully saturated rings. The zero-order valence-corrected chi connectivity index (χ0v) is 9.92. The molecule has 0 aromatic rings. The smallest absolute Gasteiger partial charge is 0.326 e. The Balaban J connectivity index is 2.58. The predicted molar refractivity (Wildman–Crippen MR) is 47.9 cm³/mol. The van der Waals surface area contributed by atoms with Crippen molar-refractivity contribution >= 4 is 34.0 Å². The van der Waals surface area contributed by atoms with E-state index in [1.165, 1.54) is 0 Å². The zero-order valence-electron chi connectivity index (χ0n) is 6.32. The van der Waals surface area contributed by atoms with Crippen LogP contribution in [0.15, 0.2) is 0 Å². The Hall–Kier alpha value is 0.880. The summed E-state index contributed by atoms with van der Waals surface area (Å²) in [6.45, 7) is -1.59. The minimum Gasteiger partial charge on any atom is -0.326 e. The molecule has 1 heterocycles. The average Bonchev–Trinajstić information content (AvgIpc) is 2.31. The van der Waals surface area contributed by atoms with E-state index in [1.54, 1.807) is 6.92 Å². The van der Waals surface area contributed by atoms with E-state index >= 15 is 0 Å². The first-order valence-electron chi connectivity index (χ1n) is 3.00. The van der Waals surface area contributed by atoms with E-state index in [2.05, 4.69) is 8.62 Å². The van der Waals surface area contributed by atoms with Gasteiger partial charge in [0.05, 0.1) is 4.99 Å². The molecule has 78 valence electrons. The summed E-state index contributed by atoms with van der Waals surface area (Å²) < 4.78 is 40.0. The molecule has 1 aliphatic heterocycles. The summed E-state index contributed by atoms with van der Waals surface area (Å²) in [5.41, 5.74) is 0. The molecule has 0 spiro atoms. The molecule has 1 aliphatic rings. The Labute approximate surface area is 78.6 Å². The lowest BCUT2D eigenvalue weighted by molar-refractivity contribution is 0.284. The highest BCUT2D eigenvalue weighted by molar-refractivity contribution is 8.72. The summed E-state index contributed by atoms with van der Waals surface area (Å²) in [6, 6.07) is 0. The molecule has 7 nitrogen and oxygen atoms in total. The predicted octanol–water partition coefficient (Wildman–Crippen LogP) is 1.79. The SMILES string of the molecule is C[C@H]1SP1(=O)OP(=O)(O)O[PH](=O)O. The highest BCUT2D eigenvalue weighted by Gasteiger charge is 2.55. The van der Waals surface area contributed by atoms with E-state index in [9.17, 15) is 13.7 Å². The van der Waals surface area contributed by atoms with E-state index in [1.807, 2.05) is 0 Å². The summed E-state index contributed by atoms with van der Waals surface area (Å²) in [5, 5.41) is 0. The Bertz CT molecular complexity index is 326. The topological polar surface area (TPSA) is 110 Å². The molecular weight excluding hydrogens is 261 g/mol. The van der Waals surface area contributed by atoms with Crippen molar-refractivity contribution in [2.24, 2.45) is 0 Å². The normalized spacial score (nSPS) is 39.5. The summed E-state index contributed by atoms with van der Waals surface area (Å²) >= 11 is 0.896. The minimum atomic E-state index is -4.65. The molecule has 0 bridgehead atoms. The van der Waals surface area contributed by atoms with Gasteiger partial charge in [0.25, 0.3) is 6.57 Å². The molecule has 13 heavy (non-hydrogen) atoms. The van der Waals surface area contributed by atoms with Gasteiger partial charge in [0.15, 0.2) is 0 Å². The first-order valence-corrected chi connectivity index (χ1v) is 8.94. The van der Waals surface area contributed by atoms with Gasteiger partial charge in [-0.25, -0.2) is 13.2 Å². The number of hydrogen-bond donors (Lipinski definition) is 2. The summed E-state index contributed by atoms with van der Waals surface area (Å²) in [4.78, 5) is 16.6. The highest BCUT2D eigenvalue weighted by Crippen LogP contribution is 2.89. The lowest BCUT2D eigenvalue weighted by Crippen LogP contribution is -1.83. The van der Waals surface area contributed by atoms with Crippen LogP contribution >= 0.6 is 34.0 Å². The molecule has 3 unspecified atom stereocenters. The van der Waals surface area contributed by atoms with Gasteiger partial charge < -0.3 is 9.79 Å². The molecule has 0 aliphatic carbocycles. The zero-order chi connectivity index (χ0) is 10.3. The van der Waals surface area contributed by atoms with Crippen LogP contribution < -0.4 is 0 Å². The Morgan fingerprint density at radius 3 is 2.46 bits per heavy atom. The maximum absolute atomic E-state index is 11.2. The lowest BCUT2D eigenvalue weighted by atomic mass is 11.0. The van der Waals surface area contributed by atoms with E-state index in [-0.39, 0.29) is 4.99 Å². The second-order valence-corrected chi connectivity index (χ2v) is 10.3. The molecule has 1 saturated heterocycles. The number of hydrogen-bond acceptors (Lipinski definition) is 6. The molecule has 11 heteroatoms. The molecular formula is C2H7O7P3S. The van der Waals surface area contributed by atoms with E-state index < -0.39 is 22.6 Å². The summed E-state index contributed by atoms with van der Waals surface area (Å²) in [6.07, 6.45) is 0. The third-order valence-corrected chi connectivity index (χ3v) is 9.32. The maximum atomic E-state index is 11.2. The van der Waals surface area contributed by atoms with Crippen molar-refractivity contribution in [3.8, 4) is 0 Å². The van der Waals surface area contributed by atoms with Crippen LogP contribution in [0, 0.1) is 0 Å². The van der Waals surface area contributed by atoms with Gasteiger partial charge in [0.1, 0.15) is 0 Å². The third-order valence-electron chi connectivity index (χ3n) is 1.11. The average molecular weight is 268 g/mol. The monoisotopic (exact) mass is 268 g/mol. The fourth-order valence-corrected chi connectivity index (χ4v) is 7.22. The molecule has 0 aromatic heterocycles. The van der Waals surface area contributed by atoms with E-state index in [0.717, 1.165) is 11.4 Å². The standard InChI is InChI=1S/C2H7O7P3S/c1-2-11(5,13-2)9-12(6,7)8-10(3)4/h2,10H,1H3,(H,3,4)(H,6,7)/t2-,11?/m1/s1. The van der Waals surface area contributed by atoms with Gasteiger partial charge in [0.2, 0.25) is 0 Å².